The van der Waals surface area contributed by atoms with Crippen LogP contribution in [-0.2, 0) is 19.0 Å². The van der Waals surface area contributed by atoms with Crippen LogP contribution in [0.25, 0.3) is 11.1 Å². The number of aromatic nitrogens is 2. The first-order valence-electron chi connectivity index (χ1n) is 17.5. The fraction of sp³-hybridized carbons (Fsp3) is 0.359. The summed E-state index contributed by atoms with van der Waals surface area (Å²) in [7, 11) is 1.27. The Morgan fingerprint density at radius 2 is 1.70 bits per heavy atom. The van der Waals surface area contributed by atoms with Gasteiger partial charge >= 0.3 is 12.1 Å². The van der Waals surface area contributed by atoms with Gasteiger partial charge in [-0.25, -0.2) is 9.59 Å². The first kappa shape index (κ1) is 37.9. The number of carbonyl (C=O) groups excluding carboxylic acids is 3. The third-order valence-corrected chi connectivity index (χ3v) is 9.99. The molecule has 1 aromatic heterocycles. The number of alkyl carbamates (subject to hydrolysis) is 1. The van der Waals surface area contributed by atoms with Crippen LogP contribution in [0, 0.1) is 0 Å². The molecule has 3 atom stereocenters. The van der Waals surface area contributed by atoms with Crippen molar-refractivity contribution in [1.82, 2.24) is 14.9 Å². The molecular weight excluding hydrogens is 746 g/mol. The maximum absolute atomic E-state index is 13.3. The smallest absolute Gasteiger partial charge is 0.407 e. The molecule has 3 aromatic carbocycles. The molecule has 0 saturated carbocycles. The lowest BCUT2D eigenvalue weighted by atomic mass is 9.98. The van der Waals surface area contributed by atoms with Crippen LogP contribution < -0.4 is 15.8 Å². The molecule has 1 aliphatic heterocycles. The number of nitrogens with one attached hydrogen (secondary N) is 1. The second kappa shape index (κ2) is 17.8. The molecule has 13 nitrogen and oxygen atoms in total. The Morgan fingerprint density at radius 1 is 1.00 bits per heavy atom. The molecule has 1 aliphatic carbocycles. The molecule has 0 bridgehead atoms. The Bertz CT molecular complexity index is 1940. The van der Waals surface area contributed by atoms with Crippen molar-refractivity contribution >= 4 is 39.7 Å². The van der Waals surface area contributed by atoms with Gasteiger partial charge in [0.15, 0.2) is 0 Å². The molecule has 1 fully saturated rings. The molecule has 2 heterocycles. The van der Waals surface area contributed by atoms with Crippen molar-refractivity contribution in [2.45, 2.75) is 56.4 Å². The van der Waals surface area contributed by atoms with Crippen LogP contribution in [0.2, 0.25) is 0 Å². The molecule has 14 heteroatoms. The summed E-state index contributed by atoms with van der Waals surface area (Å²) >= 11 is 3.37. The van der Waals surface area contributed by atoms with Gasteiger partial charge in [0.05, 0.1) is 19.8 Å². The van der Waals surface area contributed by atoms with Gasteiger partial charge in [-0.2, -0.15) is 4.98 Å². The van der Waals surface area contributed by atoms with E-state index in [1.54, 1.807) is 41.1 Å². The van der Waals surface area contributed by atoms with E-state index >= 15 is 0 Å². The lowest BCUT2D eigenvalue weighted by Gasteiger charge is -2.21. The number of aliphatic hydroxyl groups excluding tert-OH is 2. The average Bonchev–Trinajstić information content (AvgIpc) is 3.79. The van der Waals surface area contributed by atoms with E-state index in [1.807, 2.05) is 36.4 Å². The van der Waals surface area contributed by atoms with Gasteiger partial charge in [0.25, 0.3) is 5.91 Å². The van der Waals surface area contributed by atoms with E-state index in [-0.39, 0.29) is 43.1 Å². The highest BCUT2D eigenvalue weighted by Crippen LogP contribution is 2.44. The molecule has 2 amide bonds. The van der Waals surface area contributed by atoms with Gasteiger partial charge in [-0.05, 0) is 84.7 Å². The molecule has 1 saturated heterocycles. The van der Waals surface area contributed by atoms with Crippen molar-refractivity contribution in [3.05, 3.63) is 112 Å². The van der Waals surface area contributed by atoms with Crippen molar-refractivity contribution in [3.8, 4) is 11.1 Å². The third kappa shape index (κ3) is 8.84. The Kier molecular flexibility index (Phi) is 12.7. The standard InChI is InChI=1S/C39H42BrN5O8/c1-51-37(49)33(42-39(50)52-23-32-30-10-4-2-8-28(30)29-9-3-5-11-31(29)32)12-6-7-20-41-38-43-34(19-21-44(38)35-18-17-27(22-46)53-35)45(24-47)36(48)25-13-15-26(40)16-14-25/h2-5,8-11,13-16,19,21,27,32-33,35,46-47H,6-7,12,17-18,20,22-24H2,1H3,(H,42,50)/t27-,33-,35+/m0/s1. The summed E-state index contributed by atoms with van der Waals surface area (Å²) in [5, 5.41) is 22.5. The Hall–Kier alpha value is -4.89. The van der Waals surface area contributed by atoms with Crippen molar-refractivity contribution in [2.24, 2.45) is 4.99 Å². The summed E-state index contributed by atoms with van der Waals surface area (Å²) in [6, 6.07) is 23.6. The highest BCUT2D eigenvalue weighted by Gasteiger charge is 2.30. The predicted octanol–water partition coefficient (Wildman–Crippen LogP) is 5.06. The first-order chi connectivity index (χ1) is 25.8. The number of hydrogen-bond donors (Lipinski definition) is 3. The fourth-order valence-corrected chi connectivity index (χ4v) is 7.00. The van der Waals surface area contributed by atoms with Crippen molar-refractivity contribution < 1.29 is 38.8 Å². The van der Waals surface area contributed by atoms with Crippen LogP contribution >= 0.6 is 15.9 Å². The van der Waals surface area contributed by atoms with Crippen LogP contribution in [0.4, 0.5) is 10.6 Å². The van der Waals surface area contributed by atoms with E-state index in [9.17, 15) is 24.6 Å². The highest BCUT2D eigenvalue weighted by atomic mass is 79.9. The summed E-state index contributed by atoms with van der Waals surface area (Å²) in [5.41, 5.74) is 5.05. The van der Waals surface area contributed by atoms with E-state index in [0.29, 0.717) is 37.8 Å². The number of halogens is 1. The number of carbonyl (C=O) groups is 3. The number of benzene rings is 3. The lowest BCUT2D eigenvalue weighted by molar-refractivity contribution is -0.143. The van der Waals surface area contributed by atoms with Crippen molar-refractivity contribution in [3.63, 3.8) is 0 Å². The zero-order chi connectivity index (χ0) is 37.3. The molecule has 0 radical (unpaired) electrons. The van der Waals surface area contributed by atoms with E-state index < -0.39 is 37.0 Å². The van der Waals surface area contributed by atoms with E-state index in [0.717, 1.165) is 31.6 Å². The molecule has 0 spiro atoms. The number of aliphatic hydroxyl groups is 2. The highest BCUT2D eigenvalue weighted by molar-refractivity contribution is 9.10. The molecular formula is C39H42BrN5O8. The van der Waals surface area contributed by atoms with Gasteiger partial charge in [-0.1, -0.05) is 64.5 Å². The Morgan fingerprint density at radius 3 is 2.34 bits per heavy atom. The number of esters is 1. The fourth-order valence-electron chi connectivity index (χ4n) is 6.73. The molecule has 278 valence electrons. The number of amides is 2. The number of anilines is 1. The average molecular weight is 789 g/mol. The SMILES string of the molecule is COC(=O)[C@H](CCCCN=c1nc(N(CO)C(=O)c2ccc(Br)cc2)ccn1[C@H]1CC[C@@H](CO)O1)NC(=O)OCC1c2ccccc2-c2ccccc21. The lowest BCUT2D eigenvalue weighted by Crippen LogP contribution is -2.42. The quantitative estimate of drug-likeness (QED) is 0.0900. The normalized spacial score (nSPS) is 17.2. The molecule has 6 rings (SSSR count). The van der Waals surface area contributed by atoms with Gasteiger partial charge in [0.2, 0.25) is 5.62 Å². The zero-order valence-corrected chi connectivity index (χ0v) is 30.9. The minimum atomic E-state index is -0.924. The number of unbranched alkanes of at least 4 members (excludes halogenated alkanes) is 1. The van der Waals surface area contributed by atoms with Gasteiger partial charge in [0.1, 0.15) is 31.4 Å². The molecule has 4 aromatic rings. The van der Waals surface area contributed by atoms with Crippen LogP contribution in [0.1, 0.15) is 65.7 Å². The maximum Gasteiger partial charge on any atom is 0.407 e. The second-order valence-electron chi connectivity index (χ2n) is 12.8. The number of methoxy groups -OCH3 is 1. The predicted molar refractivity (Wildman–Crippen MR) is 199 cm³/mol. The second-order valence-corrected chi connectivity index (χ2v) is 13.7. The summed E-state index contributed by atoms with van der Waals surface area (Å²) in [6.07, 6.45) is 2.85. The van der Waals surface area contributed by atoms with Crippen LogP contribution in [0.5, 0.6) is 0 Å². The van der Waals surface area contributed by atoms with Gasteiger partial charge < -0.3 is 29.7 Å². The van der Waals surface area contributed by atoms with E-state index in [4.69, 9.17) is 19.2 Å². The summed E-state index contributed by atoms with van der Waals surface area (Å²) in [4.78, 5) is 49.4. The topological polar surface area (TPSA) is 165 Å². The number of nitrogens with zero attached hydrogens (tertiary/aromatic N) is 4. The number of hydrogen-bond acceptors (Lipinski definition) is 10. The monoisotopic (exact) mass is 787 g/mol. The van der Waals surface area contributed by atoms with Gasteiger partial charge in [0, 0.05) is 28.7 Å². The number of fused-ring (bicyclic) bond motifs is 3. The van der Waals surface area contributed by atoms with E-state index in [2.05, 4.69) is 38.4 Å². The minimum absolute atomic E-state index is 0.111. The van der Waals surface area contributed by atoms with Crippen LogP contribution in [0.3, 0.4) is 0 Å². The summed E-state index contributed by atoms with van der Waals surface area (Å²) < 4.78 is 19.2. The van der Waals surface area contributed by atoms with Crippen LogP contribution in [0.15, 0.2) is 94.5 Å². The Labute approximate surface area is 315 Å². The van der Waals surface area contributed by atoms with Crippen LogP contribution in [-0.4, -0.2) is 83.5 Å². The summed E-state index contributed by atoms with van der Waals surface area (Å²) in [6.45, 7) is -0.306. The van der Waals surface area contributed by atoms with E-state index in [1.165, 1.54) is 7.11 Å². The molecule has 2 aliphatic rings. The van der Waals surface area contributed by atoms with Crippen molar-refractivity contribution in [1.29, 1.82) is 0 Å². The zero-order valence-electron chi connectivity index (χ0n) is 29.3. The summed E-state index contributed by atoms with van der Waals surface area (Å²) in [5.74, 6) is -0.940. The molecule has 53 heavy (non-hydrogen) atoms. The van der Waals surface area contributed by atoms with Gasteiger partial charge in [-0.3, -0.25) is 19.3 Å². The maximum atomic E-state index is 13.3. The minimum Gasteiger partial charge on any atom is -0.467 e. The third-order valence-electron chi connectivity index (χ3n) is 9.46. The molecule has 3 N–H and O–H groups in total. The van der Waals surface area contributed by atoms with Gasteiger partial charge in [-0.15, -0.1) is 0 Å². The number of ether oxygens (including phenoxy) is 3. The number of rotatable bonds is 14. The largest absolute Gasteiger partial charge is 0.467 e. The molecule has 0 unspecified atom stereocenters. The Balaban J connectivity index is 1.10. The van der Waals surface area contributed by atoms with Crippen molar-refractivity contribution in [2.75, 3.05) is 38.5 Å². The first-order valence-corrected chi connectivity index (χ1v) is 18.3.